The minimum Gasteiger partial charge on any atom is -0.476 e. The van der Waals surface area contributed by atoms with E-state index < -0.39 is 5.97 Å². The molecule has 0 aliphatic carbocycles. The van der Waals surface area contributed by atoms with E-state index >= 15 is 0 Å². The normalized spacial score (nSPS) is 10.7. The number of anilines is 1. The SMILES string of the molecule is Nc1ncc(C=CCCS)nc1C(=O)O. The third-order valence-electron chi connectivity index (χ3n) is 1.61. The summed E-state index contributed by atoms with van der Waals surface area (Å²) in [5, 5.41) is 8.74. The van der Waals surface area contributed by atoms with Gasteiger partial charge in [0.1, 0.15) is 0 Å². The van der Waals surface area contributed by atoms with Crippen LogP contribution in [0.5, 0.6) is 0 Å². The van der Waals surface area contributed by atoms with Crippen molar-refractivity contribution >= 4 is 30.5 Å². The lowest BCUT2D eigenvalue weighted by Crippen LogP contribution is -2.08. The average molecular weight is 225 g/mol. The van der Waals surface area contributed by atoms with E-state index in [2.05, 4.69) is 22.6 Å². The molecule has 80 valence electrons. The second-order valence-corrected chi connectivity index (χ2v) is 3.20. The molecule has 1 rings (SSSR count). The Bertz CT molecular complexity index is 393. The molecule has 0 fully saturated rings. The standard InChI is InChI=1S/C9H11N3O2S/c10-8-7(9(13)14)12-6(5-11-8)3-1-2-4-15/h1,3,5,15H,2,4H2,(H2,10,11)(H,13,14). The summed E-state index contributed by atoms with van der Waals surface area (Å²) >= 11 is 4.03. The zero-order valence-corrected chi connectivity index (χ0v) is 8.82. The second-order valence-electron chi connectivity index (χ2n) is 2.75. The maximum atomic E-state index is 10.7. The minimum atomic E-state index is -1.18. The number of aromatic nitrogens is 2. The molecule has 0 amide bonds. The predicted molar refractivity (Wildman–Crippen MR) is 60.9 cm³/mol. The fourth-order valence-corrected chi connectivity index (χ4v) is 1.08. The molecule has 0 unspecified atom stereocenters. The molecule has 1 aromatic rings. The van der Waals surface area contributed by atoms with Crippen molar-refractivity contribution in [2.24, 2.45) is 0 Å². The van der Waals surface area contributed by atoms with E-state index in [9.17, 15) is 4.79 Å². The van der Waals surface area contributed by atoms with Crippen LogP contribution in [0.1, 0.15) is 22.6 Å². The zero-order valence-electron chi connectivity index (χ0n) is 7.92. The summed E-state index contributed by atoms with van der Waals surface area (Å²) in [6.45, 7) is 0. The van der Waals surface area contributed by atoms with E-state index in [1.54, 1.807) is 6.08 Å². The van der Waals surface area contributed by atoms with Gasteiger partial charge in [0.05, 0.1) is 11.9 Å². The van der Waals surface area contributed by atoms with Gasteiger partial charge in [-0.2, -0.15) is 12.6 Å². The van der Waals surface area contributed by atoms with Crippen molar-refractivity contribution in [3.05, 3.63) is 23.7 Å². The quantitative estimate of drug-likeness (QED) is 0.667. The zero-order chi connectivity index (χ0) is 11.3. The predicted octanol–water partition coefficient (Wildman–Crippen LogP) is 1.09. The minimum absolute atomic E-state index is 0.0751. The lowest BCUT2D eigenvalue weighted by molar-refractivity contribution is 0.0691. The van der Waals surface area contributed by atoms with Crippen molar-refractivity contribution in [3.63, 3.8) is 0 Å². The number of aromatic carboxylic acids is 1. The fraction of sp³-hybridized carbons (Fsp3) is 0.222. The van der Waals surface area contributed by atoms with Gasteiger partial charge in [0.25, 0.3) is 0 Å². The molecule has 6 heteroatoms. The van der Waals surface area contributed by atoms with Gasteiger partial charge in [0.2, 0.25) is 0 Å². The summed E-state index contributed by atoms with van der Waals surface area (Å²) in [6.07, 6.45) is 5.75. The van der Waals surface area contributed by atoms with Crippen LogP contribution in [0.4, 0.5) is 5.82 Å². The summed E-state index contributed by atoms with van der Waals surface area (Å²) in [5.74, 6) is -0.525. The Morgan fingerprint density at radius 2 is 2.40 bits per heavy atom. The Kier molecular flexibility index (Phi) is 4.11. The fourth-order valence-electron chi connectivity index (χ4n) is 0.928. The number of hydrogen-bond donors (Lipinski definition) is 3. The first-order chi connectivity index (χ1) is 7.15. The molecule has 0 saturated heterocycles. The summed E-state index contributed by atoms with van der Waals surface area (Å²) < 4.78 is 0. The number of carboxylic acid groups (broad SMARTS) is 1. The lowest BCUT2D eigenvalue weighted by Gasteiger charge is -1.99. The van der Waals surface area contributed by atoms with Crippen molar-refractivity contribution in [2.45, 2.75) is 6.42 Å². The Balaban J connectivity index is 2.92. The molecule has 0 aliphatic rings. The number of allylic oxidation sites excluding steroid dienone is 1. The van der Waals surface area contributed by atoms with Gasteiger partial charge < -0.3 is 10.8 Å². The molecule has 0 bridgehead atoms. The molecule has 0 aromatic carbocycles. The molecule has 0 radical (unpaired) electrons. The van der Waals surface area contributed by atoms with Crippen molar-refractivity contribution < 1.29 is 9.90 Å². The molecule has 0 atom stereocenters. The van der Waals surface area contributed by atoms with E-state index in [4.69, 9.17) is 10.8 Å². The molecule has 5 nitrogen and oxygen atoms in total. The van der Waals surface area contributed by atoms with Crippen molar-refractivity contribution in [1.82, 2.24) is 9.97 Å². The van der Waals surface area contributed by atoms with Gasteiger partial charge in [-0.05, 0) is 18.2 Å². The number of hydrogen-bond acceptors (Lipinski definition) is 5. The van der Waals surface area contributed by atoms with Gasteiger partial charge >= 0.3 is 5.97 Å². The Hall–Kier alpha value is -1.56. The number of nitrogens with zero attached hydrogens (tertiary/aromatic N) is 2. The third kappa shape index (κ3) is 3.25. The molecule has 0 saturated carbocycles. The van der Waals surface area contributed by atoms with E-state index in [1.165, 1.54) is 6.20 Å². The number of nitrogens with two attached hydrogens (primary N) is 1. The van der Waals surface area contributed by atoms with E-state index in [0.717, 1.165) is 12.2 Å². The third-order valence-corrected chi connectivity index (χ3v) is 1.86. The van der Waals surface area contributed by atoms with E-state index in [-0.39, 0.29) is 11.5 Å². The summed E-state index contributed by atoms with van der Waals surface area (Å²) in [7, 11) is 0. The average Bonchev–Trinajstić information content (AvgIpc) is 2.20. The Labute approximate surface area is 92.5 Å². The van der Waals surface area contributed by atoms with E-state index in [0.29, 0.717) is 5.69 Å². The Morgan fingerprint density at radius 1 is 1.67 bits per heavy atom. The smallest absolute Gasteiger partial charge is 0.358 e. The number of carbonyl (C=O) groups is 1. The van der Waals surface area contributed by atoms with Crippen LogP contribution >= 0.6 is 12.6 Å². The summed E-state index contributed by atoms with van der Waals surface area (Å²) in [4.78, 5) is 18.3. The molecular weight excluding hydrogens is 214 g/mol. The number of carboxylic acids is 1. The maximum Gasteiger partial charge on any atom is 0.358 e. The van der Waals surface area contributed by atoms with Crippen LogP contribution in [0.3, 0.4) is 0 Å². The first-order valence-electron chi connectivity index (χ1n) is 4.28. The van der Waals surface area contributed by atoms with E-state index in [1.807, 2.05) is 6.08 Å². The highest BCUT2D eigenvalue weighted by Gasteiger charge is 2.10. The highest BCUT2D eigenvalue weighted by molar-refractivity contribution is 7.80. The molecule has 0 aliphatic heterocycles. The maximum absolute atomic E-state index is 10.7. The van der Waals surface area contributed by atoms with Crippen LogP contribution in [-0.2, 0) is 0 Å². The first-order valence-corrected chi connectivity index (χ1v) is 4.91. The van der Waals surface area contributed by atoms with Gasteiger partial charge in [0, 0.05) is 0 Å². The van der Waals surface area contributed by atoms with Gasteiger partial charge in [-0.15, -0.1) is 0 Å². The highest BCUT2D eigenvalue weighted by Crippen LogP contribution is 2.07. The highest BCUT2D eigenvalue weighted by atomic mass is 32.1. The molecule has 1 heterocycles. The second kappa shape index (κ2) is 5.35. The van der Waals surface area contributed by atoms with Crippen LogP contribution in [0, 0.1) is 0 Å². The number of rotatable bonds is 4. The topological polar surface area (TPSA) is 89.1 Å². The number of thiol groups is 1. The molecule has 3 N–H and O–H groups in total. The molecular formula is C9H11N3O2S. The largest absolute Gasteiger partial charge is 0.476 e. The lowest BCUT2D eigenvalue weighted by atomic mass is 10.3. The van der Waals surface area contributed by atoms with Crippen LogP contribution < -0.4 is 5.73 Å². The van der Waals surface area contributed by atoms with Crippen molar-refractivity contribution in [2.75, 3.05) is 11.5 Å². The first kappa shape index (κ1) is 11.5. The van der Waals surface area contributed by atoms with Gasteiger partial charge in [-0.1, -0.05) is 6.08 Å². The van der Waals surface area contributed by atoms with Crippen LogP contribution in [0.2, 0.25) is 0 Å². The molecule has 1 aromatic heterocycles. The van der Waals surface area contributed by atoms with Crippen molar-refractivity contribution in [1.29, 1.82) is 0 Å². The van der Waals surface area contributed by atoms with Gasteiger partial charge in [0.15, 0.2) is 11.5 Å². The van der Waals surface area contributed by atoms with Crippen molar-refractivity contribution in [3.8, 4) is 0 Å². The summed E-state index contributed by atoms with van der Waals surface area (Å²) in [5.41, 5.74) is 5.61. The molecule has 0 spiro atoms. The van der Waals surface area contributed by atoms with Crippen LogP contribution in [0.25, 0.3) is 6.08 Å². The molecule has 15 heavy (non-hydrogen) atoms. The number of nitrogen functional groups attached to an aromatic ring is 1. The van der Waals surface area contributed by atoms with Gasteiger partial charge in [-0.3, -0.25) is 0 Å². The van der Waals surface area contributed by atoms with Crippen LogP contribution in [0.15, 0.2) is 12.3 Å². The van der Waals surface area contributed by atoms with Gasteiger partial charge in [-0.25, -0.2) is 14.8 Å². The Morgan fingerprint density at radius 3 is 3.00 bits per heavy atom. The van der Waals surface area contributed by atoms with Crippen LogP contribution in [-0.4, -0.2) is 26.8 Å². The summed E-state index contributed by atoms with van der Waals surface area (Å²) in [6, 6.07) is 0. The monoisotopic (exact) mass is 225 g/mol.